The van der Waals surface area contributed by atoms with Crippen molar-refractivity contribution in [3.63, 3.8) is 0 Å². The molecule has 0 bridgehead atoms. The van der Waals surface area contributed by atoms with E-state index in [-0.39, 0.29) is 0 Å². The van der Waals surface area contributed by atoms with E-state index in [1.807, 2.05) is 0 Å². The van der Waals surface area contributed by atoms with Gasteiger partial charge in [0.1, 0.15) is 5.00 Å². The predicted molar refractivity (Wildman–Crippen MR) is 79.3 cm³/mol. The number of fused-ring (bicyclic) bond motifs is 1. The highest BCUT2D eigenvalue weighted by atomic mass is 32.1. The van der Waals surface area contributed by atoms with E-state index < -0.39 is 0 Å². The molecule has 96 valence electrons. The molecule has 0 aliphatic heterocycles. The summed E-state index contributed by atoms with van der Waals surface area (Å²) in [5, 5.41) is 6.23. The normalized spacial score (nSPS) is 23.1. The molecule has 1 fully saturated rings. The van der Waals surface area contributed by atoms with Gasteiger partial charge in [-0.15, -0.1) is 0 Å². The second-order valence-electron chi connectivity index (χ2n) is 6.13. The molecule has 0 amide bonds. The van der Waals surface area contributed by atoms with Crippen molar-refractivity contribution in [2.75, 3.05) is 5.32 Å². The maximum absolute atomic E-state index is 4.50. The summed E-state index contributed by atoms with van der Waals surface area (Å²) >= 11 is 1.60. The average Bonchev–Trinajstić information content (AvgIpc) is 2.72. The van der Waals surface area contributed by atoms with Crippen LogP contribution < -0.4 is 5.32 Å². The minimum absolute atomic E-state index is 0.483. The first-order valence-corrected chi connectivity index (χ1v) is 7.52. The van der Waals surface area contributed by atoms with Crippen molar-refractivity contribution in [3.8, 4) is 0 Å². The van der Waals surface area contributed by atoms with Crippen molar-refractivity contribution in [2.24, 2.45) is 5.41 Å². The molecule has 1 saturated carbocycles. The quantitative estimate of drug-likeness (QED) is 0.848. The molecule has 1 heterocycles. The van der Waals surface area contributed by atoms with Gasteiger partial charge in [0.15, 0.2) is 0 Å². The van der Waals surface area contributed by atoms with Gasteiger partial charge in [0, 0.05) is 11.4 Å². The molecule has 0 saturated heterocycles. The molecule has 3 heteroatoms. The van der Waals surface area contributed by atoms with Gasteiger partial charge >= 0.3 is 0 Å². The van der Waals surface area contributed by atoms with Crippen molar-refractivity contribution in [2.45, 2.75) is 45.6 Å². The van der Waals surface area contributed by atoms with Crippen molar-refractivity contribution < 1.29 is 0 Å². The first kappa shape index (κ1) is 12.0. The molecule has 1 aliphatic carbocycles. The van der Waals surface area contributed by atoms with Crippen LogP contribution in [0.25, 0.3) is 10.9 Å². The molecule has 1 unspecified atom stereocenters. The first-order valence-electron chi connectivity index (χ1n) is 6.75. The van der Waals surface area contributed by atoms with Crippen molar-refractivity contribution in [1.82, 2.24) is 4.37 Å². The van der Waals surface area contributed by atoms with Gasteiger partial charge in [0.2, 0.25) is 0 Å². The Bertz CT molecular complexity index is 544. The summed E-state index contributed by atoms with van der Waals surface area (Å²) in [7, 11) is 0. The minimum atomic E-state index is 0.483. The molecule has 1 aliphatic rings. The molecule has 18 heavy (non-hydrogen) atoms. The summed E-state index contributed by atoms with van der Waals surface area (Å²) in [6.45, 7) is 4.76. The zero-order valence-corrected chi connectivity index (χ0v) is 11.9. The summed E-state index contributed by atoms with van der Waals surface area (Å²) in [6, 6.07) is 9.00. The molecule has 1 aromatic carbocycles. The lowest BCUT2D eigenvalue weighted by Gasteiger charge is -2.35. The number of rotatable bonds is 2. The van der Waals surface area contributed by atoms with Gasteiger partial charge < -0.3 is 5.32 Å². The molecule has 2 nitrogen and oxygen atoms in total. The Kier molecular flexibility index (Phi) is 3.02. The monoisotopic (exact) mass is 260 g/mol. The molecular weight excluding hydrogens is 240 g/mol. The van der Waals surface area contributed by atoms with E-state index >= 15 is 0 Å². The summed E-state index contributed by atoms with van der Waals surface area (Å²) in [6.07, 6.45) is 5.24. The summed E-state index contributed by atoms with van der Waals surface area (Å²) in [5.41, 5.74) is 1.59. The van der Waals surface area contributed by atoms with Gasteiger partial charge in [-0.25, -0.2) is 0 Å². The molecule has 2 aromatic rings. The van der Waals surface area contributed by atoms with Crippen molar-refractivity contribution in [1.29, 1.82) is 0 Å². The Morgan fingerprint density at radius 3 is 3.00 bits per heavy atom. The van der Waals surface area contributed by atoms with E-state index in [9.17, 15) is 0 Å². The van der Waals surface area contributed by atoms with Crippen LogP contribution in [-0.4, -0.2) is 10.4 Å². The second-order valence-corrected chi connectivity index (χ2v) is 6.90. The molecule has 0 radical (unpaired) electrons. The number of anilines is 1. The van der Waals surface area contributed by atoms with Crippen molar-refractivity contribution in [3.05, 3.63) is 24.3 Å². The molecule has 3 rings (SSSR count). The number of hydrogen-bond acceptors (Lipinski definition) is 3. The Morgan fingerprint density at radius 2 is 2.17 bits per heavy atom. The largest absolute Gasteiger partial charge is 0.372 e. The van der Waals surface area contributed by atoms with E-state index in [0.29, 0.717) is 11.5 Å². The van der Waals surface area contributed by atoms with E-state index in [4.69, 9.17) is 0 Å². The lowest BCUT2D eigenvalue weighted by Crippen LogP contribution is -2.31. The van der Waals surface area contributed by atoms with E-state index in [1.54, 1.807) is 11.5 Å². The van der Waals surface area contributed by atoms with E-state index in [2.05, 4.69) is 47.8 Å². The molecule has 1 N–H and O–H groups in total. The third kappa shape index (κ3) is 2.37. The molecular formula is C15H20N2S. The Hall–Kier alpha value is -1.09. The molecule has 1 aromatic heterocycles. The standard InChI is InChI=1S/C15H20N2S/c1-15(2)9-5-6-11(10-15)16-14-12-7-3-4-8-13(12)17-18-14/h3-4,7-8,11,16H,5-6,9-10H2,1-2H3. The SMILES string of the molecule is CC1(C)CCCC(Nc2snc3ccccc23)C1. The van der Waals surface area contributed by atoms with E-state index in [1.165, 1.54) is 36.1 Å². The van der Waals surface area contributed by atoms with Crippen LogP contribution in [0.3, 0.4) is 0 Å². The summed E-state index contributed by atoms with van der Waals surface area (Å²) in [4.78, 5) is 0. The van der Waals surface area contributed by atoms with Gasteiger partial charge in [-0.3, -0.25) is 0 Å². The Balaban J connectivity index is 1.80. The van der Waals surface area contributed by atoms with Crippen LogP contribution in [0.2, 0.25) is 0 Å². The molecule has 0 spiro atoms. The van der Waals surface area contributed by atoms with Crippen molar-refractivity contribution >= 4 is 27.4 Å². The van der Waals surface area contributed by atoms with Crippen LogP contribution in [0, 0.1) is 5.41 Å². The number of aromatic nitrogens is 1. The number of nitrogens with zero attached hydrogens (tertiary/aromatic N) is 1. The fourth-order valence-electron chi connectivity index (χ4n) is 3.00. The summed E-state index contributed by atoms with van der Waals surface area (Å²) in [5.74, 6) is 0. The highest BCUT2D eigenvalue weighted by molar-refractivity contribution is 7.11. The zero-order chi connectivity index (χ0) is 12.6. The lowest BCUT2D eigenvalue weighted by atomic mass is 9.75. The highest BCUT2D eigenvalue weighted by Gasteiger charge is 2.28. The third-order valence-electron chi connectivity index (χ3n) is 3.92. The number of hydrogen-bond donors (Lipinski definition) is 1. The maximum atomic E-state index is 4.50. The summed E-state index contributed by atoms with van der Waals surface area (Å²) < 4.78 is 4.50. The smallest absolute Gasteiger partial charge is 0.117 e. The zero-order valence-electron chi connectivity index (χ0n) is 11.1. The Morgan fingerprint density at radius 1 is 1.33 bits per heavy atom. The van der Waals surface area contributed by atoms with Crippen LogP contribution in [-0.2, 0) is 0 Å². The second kappa shape index (κ2) is 4.54. The van der Waals surface area contributed by atoms with Gasteiger partial charge in [0.25, 0.3) is 0 Å². The number of benzene rings is 1. The lowest BCUT2D eigenvalue weighted by molar-refractivity contribution is 0.230. The fraction of sp³-hybridized carbons (Fsp3) is 0.533. The van der Waals surface area contributed by atoms with Gasteiger partial charge in [-0.1, -0.05) is 32.4 Å². The topological polar surface area (TPSA) is 24.9 Å². The van der Waals surface area contributed by atoms with Crippen LogP contribution in [0.4, 0.5) is 5.00 Å². The average molecular weight is 260 g/mol. The van der Waals surface area contributed by atoms with E-state index in [0.717, 1.165) is 5.52 Å². The van der Waals surface area contributed by atoms with Crippen LogP contribution in [0.15, 0.2) is 24.3 Å². The maximum Gasteiger partial charge on any atom is 0.117 e. The highest BCUT2D eigenvalue weighted by Crippen LogP contribution is 2.38. The Labute approximate surface area is 113 Å². The van der Waals surface area contributed by atoms with Gasteiger partial charge in [0.05, 0.1) is 5.52 Å². The fourth-order valence-corrected chi connectivity index (χ4v) is 3.84. The first-order chi connectivity index (χ1) is 8.64. The molecule has 1 atom stereocenters. The van der Waals surface area contributed by atoms with Crippen LogP contribution >= 0.6 is 11.5 Å². The van der Waals surface area contributed by atoms with Gasteiger partial charge in [-0.05, 0) is 48.3 Å². The van der Waals surface area contributed by atoms with Crippen LogP contribution in [0.1, 0.15) is 39.5 Å². The van der Waals surface area contributed by atoms with Gasteiger partial charge in [-0.2, -0.15) is 4.37 Å². The van der Waals surface area contributed by atoms with Crippen LogP contribution in [0.5, 0.6) is 0 Å². The predicted octanol–water partition coefficient (Wildman–Crippen LogP) is 4.68. The third-order valence-corrected chi connectivity index (χ3v) is 4.73. The minimum Gasteiger partial charge on any atom is -0.372 e. The number of nitrogens with one attached hydrogen (secondary N) is 1.